The molecular formula is C18H25NO4. The Hall–Kier alpha value is -2.04. The van der Waals surface area contributed by atoms with E-state index < -0.39 is 12.1 Å². The minimum absolute atomic E-state index is 0.133. The van der Waals surface area contributed by atoms with E-state index >= 15 is 0 Å². The molecule has 1 amide bonds. The zero-order valence-corrected chi connectivity index (χ0v) is 14.0. The van der Waals surface area contributed by atoms with Crippen LogP contribution in [-0.2, 0) is 27.1 Å². The van der Waals surface area contributed by atoms with Gasteiger partial charge >= 0.3 is 12.1 Å². The number of fused-ring (bicyclic) bond motifs is 1. The molecule has 1 aromatic carbocycles. The molecule has 0 radical (unpaired) electrons. The SMILES string of the molecule is COC(=O)NC(CC(C)C)C(=O)OC1CCc2ccccc2C1. The number of amides is 1. The molecule has 126 valence electrons. The monoisotopic (exact) mass is 319 g/mol. The van der Waals surface area contributed by atoms with Crippen LogP contribution in [0.1, 0.15) is 37.8 Å². The average Bonchev–Trinajstić information content (AvgIpc) is 2.53. The van der Waals surface area contributed by atoms with Crippen LogP contribution < -0.4 is 5.32 Å². The zero-order chi connectivity index (χ0) is 16.8. The van der Waals surface area contributed by atoms with Gasteiger partial charge in [0.25, 0.3) is 0 Å². The van der Waals surface area contributed by atoms with Crippen LogP contribution >= 0.6 is 0 Å². The summed E-state index contributed by atoms with van der Waals surface area (Å²) in [5.41, 5.74) is 2.56. The molecule has 2 rings (SSSR count). The third-order valence-corrected chi connectivity index (χ3v) is 4.05. The summed E-state index contributed by atoms with van der Waals surface area (Å²) in [5.74, 6) is -0.120. The standard InChI is InChI=1S/C18H25NO4/c1-12(2)10-16(19-18(21)22-3)17(20)23-15-9-8-13-6-4-5-7-14(13)11-15/h4-7,12,15-16H,8-11H2,1-3H3,(H,19,21). The van der Waals surface area contributed by atoms with Gasteiger partial charge in [0.1, 0.15) is 12.1 Å². The fourth-order valence-corrected chi connectivity index (χ4v) is 2.90. The Morgan fingerprint density at radius 2 is 1.96 bits per heavy atom. The van der Waals surface area contributed by atoms with Gasteiger partial charge in [0.05, 0.1) is 7.11 Å². The first-order valence-electron chi connectivity index (χ1n) is 8.11. The summed E-state index contributed by atoms with van der Waals surface area (Å²) >= 11 is 0. The molecule has 0 aliphatic heterocycles. The Bertz CT molecular complexity index is 556. The van der Waals surface area contributed by atoms with Crippen LogP contribution in [0.2, 0.25) is 0 Å². The van der Waals surface area contributed by atoms with E-state index in [1.807, 2.05) is 26.0 Å². The normalized spacial score (nSPS) is 18.0. The van der Waals surface area contributed by atoms with Gasteiger partial charge in [-0.15, -0.1) is 0 Å². The summed E-state index contributed by atoms with van der Waals surface area (Å²) in [6.07, 6.45) is 2.24. The van der Waals surface area contributed by atoms with Gasteiger partial charge < -0.3 is 14.8 Å². The highest BCUT2D eigenvalue weighted by molar-refractivity contribution is 5.81. The van der Waals surface area contributed by atoms with E-state index in [0.29, 0.717) is 6.42 Å². The molecule has 1 aliphatic rings. The quantitative estimate of drug-likeness (QED) is 0.848. The van der Waals surface area contributed by atoms with Gasteiger partial charge in [-0.25, -0.2) is 9.59 Å². The van der Waals surface area contributed by atoms with E-state index in [1.165, 1.54) is 18.2 Å². The molecule has 0 spiro atoms. The fraction of sp³-hybridized carbons (Fsp3) is 0.556. The lowest BCUT2D eigenvalue weighted by molar-refractivity contribution is -0.152. The Balaban J connectivity index is 1.97. The maximum Gasteiger partial charge on any atom is 0.407 e. The number of hydrogen-bond donors (Lipinski definition) is 1. The number of benzene rings is 1. The molecule has 0 saturated heterocycles. The first-order valence-corrected chi connectivity index (χ1v) is 8.11. The molecule has 5 nitrogen and oxygen atoms in total. The van der Waals surface area contributed by atoms with Crippen LogP contribution in [0.3, 0.4) is 0 Å². The largest absolute Gasteiger partial charge is 0.460 e. The smallest absolute Gasteiger partial charge is 0.407 e. The van der Waals surface area contributed by atoms with Crippen LogP contribution in [0.25, 0.3) is 0 Å². The Kier molecular flexibility index (Phi) is 6.02. The summed E-state index contributed by atoms with van der Waals surface area (Å²) in [5, 5.41) is 2.57. The van der Waals surface area contributed by atoms with Crippen molar-refractivity contribution in [1.82, 2.24) is 5.32 Å². The van der Waals surface area contributed by atoms with Crippen molar-refractivity contribution in [2.45, 2.75) is 51.7 Å². The third-order valence-electron chi connectivity index (χ3n) is 4.05. The lowest BCUT2D eigenvalue weighted by Gasteiger charge is -2.27. The van der Waals surface area contributed by atoms with E-state index in [1.54, 1.807) is 0 Å². The Morgan fingerprint density at radius 3 is 2.61 bits per heavy atom. The highest BCUT2D eigenvalue weighted by Gasteiger charge is 2.28. The number of esters is 1. The van der Waals surface area contributed by atoms with Crippen LogP contribution in [0.5, 0.6) is 0 Å². The summed E-state index contributed by atoms with van der Waals surface area (Å²) in [4.78, 5) is 23.8. The van der Waals surface area contributed by atoms with Gasteiger partial charge in [0.15, 0.2) is 0 Å². The molecule has 0 fully saturated rings. The number of methoxy groups -OCH3 is 1. The van der Waals surface area contributed by atoms with E-state index in [0.717, 1.165) is 19.3 Å². The number of aryl methyl sites for hydroxylation is 1. The van der Waals surface area contributed by atoms with Crippen LogP contribution in [0.15, 0.2) is 24.3 Å². The molecule has 2 atom stereocenters. The number of ether oxygens (including phenoxy) is 2. The van der Waals surface area contributed by atoms with Gasteiger partial charge in [-0.3, -0.25) is 0 Å². The molecule has 23 heavy (non-hydrogen) atoms. The van der Waals surface area contributed by atoms with Gasteiger partial charge in [-0.1, -0.05) is 38.1 Å². The molecule has 1 aromatic rings. The Labute approximate surface area is 137 Å². The molecule has 0 saturated carbocycles. The summed E-state index contributed by atoms with van der Waals surface area (Å²) < 4.78 is 10.2. The summed E-state index contributed by atoms with van der Waals surface area (Å²) in [6, 6.07) is 7.56. The number of nitrogens with one attached hydrogen (secondary N) is 1. The van der Waals surface area contributed by atoms with E-state index in [9.17, 15) is 9.59 Å². The van der Waals surface area contributed by atoms with Crippen molar-refractivity contribution >= 4 is 12.1 Å². The lowest BCUT2D eigenvalue weighted by atomic mass is 9.90. The number of rotatable bonds is 5. The molecule has 0 aromatic heterocycles. The highest BCUT2D eigenvalue weighted by atomic mass is 16.6. The highest BCUT2D eigenvalue weighted by Crippen LogP contribution is 2.23. The molecule has 0 heterocycles. The molecule has 2 unspecified atom stereocenters. The van der Waals surface area contributed by atoms with Gasteiger partial charge in [0.2, 0.25) is 0 Å². The number of carbonyl (C=O) groups is 2. The third kappa shape index (κ3) is 4.98. The second-order valence-corrected chi connectivity index (χ2v) is 6.39. The van der Waals surface area contributed by atoms with E-state index in [2.05, 4.69) is 22.2 Å². The van der Waals surface area contributed by atoms with Crippen molar-refractivity contribution in [2.24, 2.45) is 5.92 Å². The van der Waals surface area contributed by atoms with Crippen molar-refractivity contribution in [1.29, 1.82) is 0 Å². The van der Waals surface area contributed by atoms with Crippen molar-refractivity contribution in [3.63, 3.8) is 0 Å². The summed E-state index contributed by atoms with van der Waals surface area (Å²) in [6.45, 7) is 3.99. The van der Waals surface area contributed by atoms with Crippen molar-refractivity contribution in [2.75, 3.05) is 7.11 Å². The van der Waals surface area contributed by atoms with Crippen LogP contribution in [0, 0.1) is 5.92 Å². The van der Waals surface area contributed by atoms with Crippen molar-refractivity contribution in [3.8, 4) is 0 Å². The minimum atomic E-state index is -0.667. The Morgan fingerprint density at radius 1 is 1.26 bits per heavy atom. The number of carbonyl (C=O) groups excluding carboxylic acids is 2. The maximum absolute atomic E-state index is 12.4. The fourth-order valence-electron chi connectivity index (χ4n) is 2.90. The first kappa shape index (κ1) is 17.3. The molecular weight excluding hydrogens is 294 g/mol. The topological polar surface area (TPSA) is 64.6 Å². The molecule has 0 bridgehead atoms. The van der Waals surface area contributed by atoms with E-state index in [4.69, 9.17) is 4.74 Å². The second kappa shape index (κ2) is 7.99. The maximum atomic E-state index is 12.4. The number of alkyl carbamates (subject to hydrolysis) is 1. The average molecular weight is 319 g/mol. The van der Waals surface area contributed by atoms with E-state index in [-0.39, 0.29) is 18.0 Å². The van der Waals surface area contributed by atoms with Crippen molar-refractivity contribution < 1.29 is 19.1 Å². The lowest BCUT2D eigenvalue weighted by Crippen LogP contribution is -2.44. The molecule has 1 aliphatic carbocycles. The minimum Gasteiger partial charge on any atom is -0.460 e. The van der Waals surface area contributed by atoms with Crippen LogP contribution in [0.4, 0.5) is 4.79 Å². The van der Waals surface area contributed by atoms with Crippen molar-refractivity contribution in [3.05, 3.63) is 35.4 Å². The van der Waals surface area contributed by atoms with Gasteiger partial charge in [-0.05, 0) is 36.3 Å². The zero-order valence-electron chi connectivity index (χ0n) is 14.0. The molecule has 1 N–H and O–H groups in total. The predicted octanol–water partition coefficient (Wildman–Crippen LogP) is 2.86. The first-order chi connectivity index (χ1) is 11.0. The van der Waals surface area contributed by atoms with Gasteiger partial charge in [-0.2, -0.15) is 0 Å². The summed E-state index contributed by atoms with van der Waals surface area (Å²) in [7, 11) is 1.28. The predicted molar refractivity (Wildman–Crippen MR) is 87.1 cm³/mol. The van der Waals surface area contributed by atoms with Gasteiger partial charge in [0, 0.05) is 6.42 Å². The molecule has 5 heteroatoms. The van der Waals surface area contributed by atoms with Crippen LogP contribution in [-0.4, -0.2) is 31.3 Å². The second-order valence-electron chi connectivity index (χ2n) is 6.39. The number of hydrogen-bond acceptors (Lipinski definition) is 4.